The van der Waals surface area contributed by atoms with Crippen LogP contribution in [0.2, 0.25) is 0 Å². The summed E-state index contributed by atoms with van der Waals surface area (Å²) in [4.78, 5) is 24.7. The first kappa shape index (κ1) is 31.9. The van der Waals surface area contributed by atoms with Crippen molar-refractivity contribution in [2.24, 2.45) is 0 Å². The van der Waals surface area contributed by atoms with Crippen molar-refractivity contribution >= 4 is 60.8 Å². The first-order valence-electron chi connectivity index (χ1n) is 11.1. The Bertz CT molecular complexity index is 528. The maximum atomic E-state index is 12.4. The molecule has 30 heavy (non-hydrogen) atoms. The number of rotatable bonds is 16. The van der Waals surface area contributed by atoms with Gasteiger partial charge in [0, 0.05) is 0 Å². The number of esters is 2. The van der Waals surface area contributed by atoms with Crippen LogP contribution in [-0.2, 0) is 9.47 Å². The van der Waals surface area contributed by atoms with E-state index in [0.29, 0.717) is 24.3 Å². The second-order valence-electron chi connectivity index (χ2n) is 7.35. The van der Waals surface area contributed by atoms with Crippen molar-refractivity contribution in [3.8, 4) is 0 Å². The molecule has 170 valence electrons. The number of hydrogen-bond donors (Lipinski definition) is 1. The fourth-order valence-electron chi connectivity index (χ4n) is 3.09. The van der Waals surface area contributed by atoms with E-state index in [-0.39, 0.29) is 57.9 Å². The molecule has 0 aliphatic heterocycles. The van der Waals surface area contributed by atoms with E-state index in [0.717, 1.165) is 25.7 Å². The van der Waals surface area contributed by atoms with Crippen LogP contribution in [0.4, 0.5) is 0 Å². The van der Waals surface area contributed by atoms with Gasteiger partial charge < -0.3 is 18.5 Å². The van der Waals surface area contributed by atoms with Crippen molar-refractivity contribution in [1.29, 1.82) is 0 Å². The molecule has 0 saturated heterocycles. The second-order valence-corrected chi connectivity index (χ2v) is 7.35. The zero-order valence-electron chi connectivity index (χ0n) is 21.3. The minimum absolute atomic E-state index is 0. The van der Waals surface area contributed by atoms with Gasteiger partial charge in [-0.05, 0) is 25.0 Å². The van der Waals surface area contributed by atoms with Gasteiger partial charge in [-0.25, -0.2) is 9.59 Å². The first-order chi connectivity index (χ1) is 13.7. The van der Waals surface area contributed by atoms with Crippen molar-refractivity contribution in [2.75, 3.05) is 13.2 Å². The Labute approximate surface area is 226 Å². The monoisotopic (exact) mass is 547 g/mol. The molecule has 0 fully saturated rings. The quantitative estimate of drug-likeness (QED) is 0.141. The Balaban J connectivity index is -0.000000980. The van der Waals surface area contributed by atoms with Gasteiger partial charge in [-0.3, -0.25) is 0 Å². The summed E-state index contributed by atoms with van der Waals surface area (Å²) in [6.07, 6.45) is 13.6. The summed E-state index contributed by atoms with van der Waals surface area (Å²) in [5.41, 5.74) is 0.586. The third kappa shape index (κ3) is 14.7. The van der Waals surface area contributed by atoms with Crippen LogP contribution in [0.1, 0.15) is 114 Å². The molecule has 5 nitrogen and oxygen atoms in total. The topological polar surface area (TPSA) is 87.6 Å². The van der Waals surface area contributed by atoms with E-state index in [1.165, 1.54) is 51.4 Å². The summed E-state index contributed by atoms with van der Waals surface area (Å²) in [6, 6.07) is 6.74. The zero-order chi connectivity index (χ0) is 20.5. The molecule has 0 aromatic heterocycles. The largest absolute Gasteiger partial charge is 2.00 e. The van der Waals surface area contributed by atoms with E-state index >= 15 is 0 Å². The smallest absolute Gasteiger partial charge is 1.00 e. The van der Waals surface area contributed by atoms with Crippen LogP contribution < -0.4 is 6.15 Å². The summed E-state index contributed by atoms with van der Waals surface area (Å²) in [6.45, 7) is 5.17. The molecule has 6 heteroatoms. The van der Waals surface area contributed by atoms with E-state index in [4.69, 9.17) is 9.47 Å². The van der Waals surface area contributed by atoms with Gasteiger partial charge in [0.2, 0.25) is 0 Å². The second kappa shape index (κ2) is 21.9. The summed E-state index contributed by atoms with van der Waals surface area (Å²) < 4.78 is 10.7. The zero-order valence-corrected chi connectivity index (χ0v) is 23.7. The average molecular weight is 547 g/mol. The van der Waals surface area contributed by atoms with Gasteiger partial charge in [0.05, 0.1) is 24.3 Å². The molecule has 0 radical (unpaired) electrons. The maximum Gasteiger partial charge on any atom is 2.00 e. The molecule has 0 heterocycles. The van der Waals surface area contributed by atoms with Crippen LogP contribution >= 0.6 is 0 Å². The Morgan fingerprint density at radius 2 is 1.00 bits per heavy atom. The maximum absolute atomic E-state index is 12.4. The van der Waals surface area contributed by atoms with E-state index in [9.17, 15) is 9.59 Å². The third-order valence-electron chi connectivity index (χ3n) is 4.83. The van der Waals surface area contributed by atoms with Gasteiger partial charge in [-0.2, -0.15) is 0 Å². The summed E-state index contributed by atoms with van der Waals surface area (Å²) in [7, 11) is 0. The number of carbonyl (C=O) groups is 2. The van der Waals surface area contributed by atoms with Crippen LogP contribution in [-0.4, -0.2) is 74.0 Å². The van der Waals surface area contributed by atoms with E-state index in [1.54, 1.807) is 24.3 Å². The normalized spacial score (nSPS) is 9.93. The molecule has 3 N–H and O–H groups in total. The Kier molecular flexibility index (Phi) is 23.3. The predicted octanol–water partition coefficient (Wildman–Crippen LogP) is 6.73. The van der Waals surface area contributed by atoms with Crippen LogP contribution in [0.25, 0.3) is 0 Å². The average Bonchev–Trinajstić information content (AvgIpc) is 2.72. The van der Waals surface area contributed by atoms with Crippen LogP contribution in [0.3, 0.4) is 0 Å². The number of unbranched alkanes of at least 4 members (excludes halogenated alkanes) is 10. The molecule has 1 aromatic rings. The fraction of sp³-hybridized carbons (Fsp3) is 0.667. The molecule has 1 rings (SSSR count). The molecule has 0 unspecified atom stereocenters. The van der Waals surface area contributed by atoms with Gasteiger partial charge in [0.1, 0.15) is 0 Å². The van der Waals surface area contributed by atoms with Crippen molar-refractivity contribution in [1.82, 2.24) is 6.15 Å². The fourth-order valence-corrected chi connectivity index (χ4v) is 3.09. The molecule has 0 amide bonds. The number of ether oxygens (including phenoxy) is 2. The molecular formula is C24H43BaNO4. The minimum atomic E-state index is -0.444. The summed E-state index contributed by atoms with van der Waals surface area (Å²) in [5, 5.41) is 0. The van der Waals surface area contributed by atoms with E-state index < -0.39 is 11.9 Å². The molecule has 0 spiro atoms. The number of benzene rings is 1. The van der Waals surface area contributed by atoms with Gasteiger partial charge >= 0.3 is 60.8 Å². The molecule has 0 atom stereocenters. The molecule has 0 saturated carbocycles. The first-order valence-corrected chi connectivity index (χ1v) is 11.1. The van der Waals surface area contributed by atoms with Gasteiger partial charge in [0.15, 0.2) is 0 Å². The van der Waals surface area contributed by atoms with E-state index in [2.05, 4.69) is 13.8 Å². The SMILES string of the molecule is CCCCCCCCOC(=O)c1ccccc1C(=O)OCCCCCCCC.N.[Ba+2].[H-].[H-]. The van der Waals surface area contributed by atoms with Crippen LogP contribution in [0.5, 0.6) is 0 Å². The Hall–Kier alpha value is -0.309. The van der Waals surface area contributed by atoms with Crippen molar-refractivity contribution in [2.45, 2.75) is 90.9 Å². The van der Waals surface area contributed by atoms with Gasteiger partial charge in [-0.1, -0.05) is 90.2 Å². The summed E-state index contributed by atoms with van der Waals surface area (Å²) in [5.74, 6) is -0.888. The van der Waals surface area contributed by atoms with Gasteiger partial charge in [-0.15, -0.1) is 0 Å². The molecule has 1 aromatic carbocycles. The molecule has 0 bridgehead atoms. The molecular weight excluding hydrogens is 504 g/mol. The van der Waals surface area contributed by atoms with Crippen molar-refractivity contribution in [3.63, 3.8) is 0 Å². The van der Waals surface area contributed by atoms with Gasteiger partial charge in [0.25, 0.3) is 0 Å². The molecule has 0 aliphatic carbocycles. The number of hydrogen-bond acceptors (Lipinski definition) is 5. The Morgan fingerprint density at radius 1 is 0.667 bits per heavy atom. The predicted molar refractivity (Wildman–Crippen MR) is 127 cm³/mol. The van der Waals surface area contributed by atoms with Crippen molar-refractivity contribution < 1.29 is 21.9 Å². The van der Waals surface area contributed by atoms with Crippen LogP contribution in [0.15, 0.2) is 24.3 Å². The van der Waals surface area contributed by atoms with Crippen LogP contribution in [0, 0.1) is 0 Å². The Morgan fingerprint density at radius 3 is 1.37 bits per heavy atom. The standard InChI is InChI=1S/C24H38O4.Ba.H3N.2H/c1-3-5-7-9-11-15-19-27-23(25)21-17-13-14-18-22(21)24(26)28-20-16-12-10-8-6-4-2;;;;/h13-14,17-18H,3-12,15-16,19-20H2,1-2H3;;1H3;;/q;+2;;2*-1. The van der Waals surface area contributed by atoms with E-state index in [1.807, 2.05) is 0 Å². The van der Waals surface area contributed by atoms with Crippen molar-refractivity contribution in [3.05, 3.63) is 35.4 Å². The summed E-state index contributed by atoms with van der Waals surface area (Å²) >= 11 is 0. The minimum Gasteiger partial charge on any atom is -1.00 e. The number of carbonyl (C=O) groups excluding carboxylic acids is 2. The third-order valence-corrected chi connectivity index (χ3v) is 4.83. The molecule has 0 aliphatic rings.